The summed E-state index contributed by atoms with van der Waals surface area (Å²) in [6, 6.07) is 8.37. The van der Waals surface area contributed by atoms with Crippen molar-refractivity contribution >= 4 is 6.03 Å². The van der Waals surface area contributed by atoms with Gasteiger partial charge in [-0.05, 0) is 29.9 Å². The maximum Gasteiger partial charge on any atom is 0.315 e. The normalized spacial score (nSPS) is 11.9. The molecule has 0 spiro atoms. The maximum absolute atomic E-state index is 11.4. The van der Waals surface area contributed by atoms with E-state index in [1.807, 2.05) is 6.92 Å². The fourth-order valence-electron chi connectivity index (χ4n) is 1.68. The van der Waals surface area contributed by atoms with Gasteiger partial charge in [-0.3, -0.25) is 0 Å². The molecule has 0 radical (unpaired) electrons. The van der Waals surface area contributed by atoms with Gasteiger partial charge in [-0.15, -0.1) is 0 Å². The lowest BCUT2D eigenvalue weighted by molar-refractivity contribution is 0.240. The average molecular weight is 248 g/mol. The molecule has 0 bridgehead atoms. The van der Waals surface area contributed by atoms with Crippen LogP contribution in [0.15, 0.2) is 24.3 Å². The molecule has 2 amide bonds. The second-order valence-corrected chi connectivity index (χ2v) is 4.66. The van der Waals surface area contributed by atoms with Gasteiger partial charge in [0.25, 0.3) is 0 Å². The minimum atomic E-state index is -0.0946. The van der Waals surface area contributed by atoms with Crippen molar-refractivity contribution in [1.29, 1.82) is 0 Å². The lowest BCUT2D eigenvalue weighted by Crippen LogP contribution is -2.35. The maximum atomic E-state index is 11.4. The molecule has 1 atom stereocenters. The molecule has 0 heterocycles. The highest BCUT2D eigenvalue weighted by Gasteiger charge is 2.03. The van der Waals surface area contributed by atoms with Crippen LogP contribution in [0.4, 0.5) is 4.79 Å². The van der Waals surface area contributed by atoms with E-state index in [0.29, 0.717) is 12.5 Å². The van der Waals surface area contributed by atoms with Crippen LogP contribution in [0.5, 0.6) is 0 Å². The molecule has 3 heteroatoms. The summed E-state index contributed by atoms with van der Waals surface area (Å²) in [4.78, 5) is 11.4. The molecule has 0 saturated heterocycles. The Labute approximate surface area is 110 Å². The topological polar surface area (TPSA) is 41.1 Å². The van der Waals surface area contributed by atoms with Gasteiger partial charge >= 0.3 is 6.03 Å². The lowest BCUT2D eigenvalue weighted by atomic mass is 9.98. The SMILES string of the molecule is CCCNC(=O)NCc1ccc(C(C)CC)cc1. The Morgan fingerprint density at radius 2 is 1.83 bits per heavy atom. The van der Waals surface area contributed by atoms with E-state index in [-0.39, 0.29) is 6.03 Å². The molecule has 18 heavy (non-hydrogen) atoms. The Hall–Kier alpha value is -1.51. The van der Waals surface area contributed by atoms with Gasteiger partial charge in [0.15, 0.2) is 0 Å². The summed E-state index contributed by atoms with van der Waals surface area (Å²) >= 11 is 0. The van der Waals surface area contributed by atoms with Crippen LogP contribution >= 0.6 is 0 Å². The zero-order valence-electron chi connectivity index (χ0n) is 11.6. The van der Waals surface area contributed by atoms with Crippen LogP contribution in [0.25, 0.3) is 0 Å². The molecule has 2 N–H and O–H groups in total. The number of carbonyl (C=O) groups excluding carboxylic acids is 1. The van der Waals surface area contributed by atoms with E-state index in [1.165, 1.54) is 5.56 Å². The predicted octanol–water partition coefficient (Wildman–Crippen LogP) is 3.41. The third kappa shape index (κ3) is 4.78. The fraction of sp³-hybridized carbons (Fsp3) is 0.533. The van der Waals surface area contributed by atoms with Crippen molar-refractivity contribution in [3.63, 3.8) is 0 Å². The fourth-order valence-corrected chi connectivity index (χ4v) is 1.68. The third-order valence-electron chi connectivity index (χ3n) is 3.15. The largest absolute Gasteiger partial charge is 0.338 e. The molecule has 0 aliphatic rings. The number of hydrogen-bond acceptors (Lipinski definition) is 1. The van der Waals surface area contributed by atoms with Crippen molar-refractivity contribution in [2.45, 2.75) is 46.1 Å². The van der Waals surface area contributed by atoms with E-state index < -0.39 is 0 Å². The molecular formula is C15H24N2O. The van der Waals surface area contributed by atoms with Crippen molar-refractivity contribution in [3.05, 3.63) is 35.4 Å². The third-order valence-corrected chi connectivity index (χ3v) is 3.15. The first-order chi connectivity index (χ1) is 8.67. The van der Waals surface area contributed by atoms with Gasteiger partial charge in [-0.2, -0.15) is 0 Å². The molecule has 0 aromatic heterocycles. The van der Waals surface area contributed by atoms with Crippen molar-refractivity contribution < 1.29 is 4.79 Å². The standard InChI is InChI=1S/C15H24N2O/c1-4-10-16-15(18)17-11-13-6-8-14(9-7-13)12(3)5-2/h6-9,12H,4-5,10-11H2,1-3H3,(H2,16,17,18). The number of carbonyl (C=O) groups is 1. The Morgan fingerprint density at radius 3 is 2.39 bits per heavy atom. The monoisotopic (exact) mass is 248 g/mol. The Balaban J connectivity index is 2.41. The highest BCUT2D eigenvalue weighted by Crippen LogP contribution is 2.18. The number of nitrogens with one attached hydrogen (secondary N) is 2. The van der Waals surface area contributed by atoms with Crippen LogP contribution in [-0.2, 0) is 6.54 Å². The molecule has 100 valence electrons. The predicted molar refractivity (Wildman–Crippen MR) is 75.7 cm³/mol. The zero-order chi connectivity index (χ0) is 13.4. The summed E-state index contributed by atoms with van der Waals surface area (Å²) in [5.41, 5.74) is 2.49. The molecule has 1 rings (SSSR count). The molecule has 1 aromatic carbocycles. The average Bonchev–Trinajstić information content (AvgIpc) is 2.42. The zero-order valence-corrected chi connectivity index (χ0v) is 11.6. The first-order valence-electron chi connectivity index (χ1n) is 6.77. The van der Waals surface area contributed by atoms with Crippen LogP contribution in [0, 0.1) is 0 Å². The summed E-state index contributed by atoms with van der Waals surface area (Å²) in [6.45, 7) is 7.76. The van der Waals surface area contributed by atoms with E-state index in [9.17, 15) is 4.79 Å². The smallest absolute Gasteiger partial charge is 0.315 e. The van der Waals surface area contributed by atoms with Crippen molar-refractivity contribution in [2.24, 2.45) is 0 Å². The van der Waals surface area contributed by atoms with Crippen LogP contribution < -0.4 is 10.6 Å². The van der Waals surface area contributed by atoms with E-state index in [4.69, 9.17) is 0 Å². The van der Waals surface area contributed by atoms with Crippen LogP contribution in [0.3, 0.4) is 0 Å². The highest BCUT2D eigenvalue weighted by atomic mass is 16.2. The van der Waals surface area contributed by atoms with Gasteiger partial charge in [0.05, 0.1) is 0 Å². The van der Waals surface area contributed by atoms with Crippen LogP contribution in [-0.4, -0.2) is 12.6 Å². The van der Waals surface area contributed by atoms with E-state index in [2.05, 4.69) is 48.7 Å². The number of rotatable bonds is 6. The first kappa shape index (κ1) is 14.6. The molecule has 1 unspecified atom stereocenters. The minimum Gasteiger partial charge on any atom is -0.338 e. The molecule has 0 aliphatic carbocycles. The quantitative estimate of drug-likeness (QED) is 0.796. The summed E-state index contributed by atoms with van der Waals surface area (Å²) in [6.07, 6.45) is 2.11. The van der Waals surface area contributed by atoms with E-state index in [1.54, 1.807) is 0 Å². The van der Waals surface area contributed by atoms with Gasteiger partial charge in [0.1, 0.15) is 0 Å². The van der Waals surface area contributed by atoms with E-state index >= 15 is 0 Å². The summed E-state index contributed by atoms with van der Waals surface area (Å²) in [7, 11) is 0. The van der Waals surface area contributed by atoms with Gasteiger partial charge in [-0.1, -0.05) is 45.0 Å². The molecule has 3 nitrogen and oxygen atoms in total. The van der Waals surface area contributed by atoms with Crippen molar-refractivity contribution in [3.8, 4) is 0 Å². The summed E-state index contributed by atoms with van der Waals surface area (Å²) < 4.78 is 0. The highest BCUT2D eigenvalue weighted by molar-refractivity contribution is 5.73. The minimum absolute atomic E-state index is 0.0946. The van der Waals surface area contributed by atoms with Crippen molar-refractivity contribution in [2.75, 3.05) is 6.54 Å². The van der Waals surface area contributed by atoms with Gasteiger partial charge in [0, 0.05) is 13.1 Å². The number of benzene rings is 1. The number of urea groups is 1. The van der Waals surface area contributed by atoms with Gasteiger partial charge in [-0.25, -0.2) is 4.79 Å². The molecule has 0 saturated carbocycles. The van der Waals surface area contributed by atoms with Crippen LogP contribution in [0.2, 0.25) is 0 Å². The summed E-state index contributed by atoms with van der Waals surface area (Å²) in [5, 5.41) is 5.64. The number of hydrogen-bond donors (Lipinski definition) is 2. The molecular weight excluding hydrogens is 224 g/mol. The van der Waals surface area contributed by atoms with E-state index in [0.717, 1.165) is 24.9 Å². The molecule has 1 aromatic rings. The molecule has 0 fully saturated rings. The number of amides is 2. The second kappa shape index (κ2) is 7.75. The Kier molecular flexibility index (Phi) is 6.26. The first-order valence-corrected chi connectivity index (χ1v) is 6.77. The lowest BCUT2D eigenvalue weighted by Gasteiger charge is -2.10. The van der Waals surface area contributed by atoms with Crippen molar-refractivity contribution in [1.82, 2.24) is 10.6 Å². The van der Waals surface area contributed by atoms with Gasteiger partial charge in [0.2, 0.25) is 0 Å². The second-order valence-electron chi connectivity index (χ2n) is 4.66. The van der Waals surface area contributed by atoms with Crippen LogP contribution in [0.1, 0.15) is 50.7 Å². The Morgan fingerprint density at radius 1 is 1.17 bits per heavy atom. The Bertz CT molecular complexity index is 359. The molecule has 0 aliphatic heterocycles. The van der Waals surface area contributed by atoms with Gasteiger partial charge < -0.3 is 10.6 Å². The summed E-state index contributed by atoms with van der Waals surface area (Å²) in [5.74, 6) is 0.597.